The van der Waals surface area contributed by atoms with Crippen molar-refractivity contribution in [3.8, 4) is 0 Å². The summed E-state index contributed by atoms with van der Waals surface area (Å²) in [6, 6.07) is 3.77. The summed E-state index contributed by atoms with van der Waals surface area (Å²) in [4.78, 5) is 2.78. The van der Waals surface area contributed by atoms with E-state index in [0.717, 1.165) is 48.1 Å². The van der Waals surface area contributed by atoms with Gasteiger partial charge in [-0.05, 0) is 63.0 Å². The fourth-order valence-corrected chi connectivity index (χ4v) is 4.39. The van der Waals surface area contributed by atoms with Crippen LogP contribution in [0.15, 0.2) is 22.1 Å². The largest absolute Gasteiger partial charge is 0.277 e. The molecular formula is C17H26N2O2S. The van der Waals surface area contributed by atoms with Crippen LogP contribution in [-0.4, -0.2) is 14.1 Å². The Morgan fingerprint density at radius 1 is 1.05 bits per heavy atom. The Balaban J connectivity index is 2.19. The van der Waals surface area contributed by atoms with Crippen LogP contribution >= 0.6 is 0 Å². The predicted molar refractivity (Wildman–Crippen MR) is 90.7 cm³/mol. The summed E-state index contributed by atoms with van der Waals surface area (Å²) in [7, 11) is -3.60. The van der Waals surface area contributed by atoms with Gasteiger partial charge in [0, 0.05) is 5.71 Å². The van der Waals surface area contributed by atoms with Gasteiger partial charge in [-0.2, -0.15) is 13.5 Å². The Labute approximate surface area is 134 Å². The molecule has 0 unspecified atom stereocenters. The maximum atomic E-state index is 12.5. The van der Waals surface area contributed by atoms with Gasteiger partial charge in [0.05, 0.1) is 4.90 Å². The first kappa shape index (κ1) is 17.0. The van der Waals surface area contributed by atoms with Crippen molar-refractivity contribution in [3.63, 3.8) is 0 Å². The van der Waals surface area contributed by atoms with Gasteiger partial charge < -0.3 is 0 Å². The molecule has 1 aliphatic carbocycles. The molecule has 0 amide bonds. The van der Waals surface area contributed by atoms with Crippen molar-refractivity contribution in [1.29, 1.82) is 0 Å². The summed E-state index contributed by atoms with van der Waals surface area (Å²) in [6.07, 6.45) is 3.83. The van der Waals surface area contributed by atoms with E-state index in [-0.39, 0.29) is 0 Å². The van der Waals surface area contributed by atoms with Crippen LogP contribution in [0.3, 0.4) is 0 Å². The van der Waals surface area contributed by atoms with Crippen LogP contribution in [0.5, 0.6) is 0 Å². The number of hydrogen-bond acceptors (Lipinski definition) is 3. The first-order chi connectivity index (χ1) is 10.1. The van der Waals surface area contributed by atoms with E-state index in [9.17, 15) is 8.42 Å². The van der Waals surface area contributed by atoms with Crippen LogP contribution in [0, 0.1) is 26.2 Å². The highest BCUT2D eigenvalue weighted by molar-refractivity contribution is 7.89. The maximum absolute atomic E-state index is 12.5. The van der Waals surface area contributed by atoms with Crippen LogP contribution in [-0.2, 0) is 10.0 Å². The molecule has 0 radical (unpaired) electrons. The van der Waals surface area contributed by atoms with Crippen molar-refractivity contribution in [3.05, 3.63) is 28.8 Å². The summed E-state index contributed by atoms with van der Waals surface area (Å²) < 4.78 is 25.1. The predicted octanol–water partition coefficient (Wildman–Crippen LogP) is 3.85. The molecule has 1 aliphatic rings. The van der Waals surface area contributed by atoms with Crippen molar-refractivity contribution in [2.75, 3.05) is 0 Å². The van der Waals surface area contributed by atoms with Crippen LogP contribution in [0.4, 0.5) is 0 Å². The molecule has 22 heavy (non-hydrogen) atoms. The number of benzene rings is 1. The highest BCUT2D eigenvalue weighted by Crippen LogP contribution is 2.33. The molecule has 0 saturated heterocycles. The van der Waals surface area contributed by atoms with Gasteiger partial charge in [-0.25, -0.2) is 4.83 Å². The summed E-state index contributed by atoms with van der Waals surface area (Å²) >= 11 is 0. The molecule has 122 valence electrons. The van der Waals surface area contributed by atoms with E-state index in [2.05, 4.69) is 23.8 Å². The minimum absolute atomic E-state index is 0.335. The highest BCUT2D eigenvalue weighted by Gasteiger charge is 2.25. The van der Waals surface area contributed by atoms with Gasteiger partial charge in [0.25, 0.3) is 10.0 Å². The highest BCUT2D eigenvalue weighted by atomic mass is 32.2. The Hall–Kier alpha value is -1.36. The third-order valence-electron chi connectivity index (χ3n) is 4.38. The molecule has 1 aromatic rings. The molecule has 0 bridgehead atoms. The van der Waals surface area contributed by atoms with Crippen molar-refractivity contribution in [2.45, 2.75) is 65.2 Å². The van der Waals surface area contributed by atoms with Gasteiger partial charge in [0.15, 0.2) is 0 Å². The molecule has 1 fully saturated rings. The SMILES string of the molecule is Cc1cc(C)c(S(=O)(=O)NN=C2CCC(C)(C)CC2)c(C)c1. The summed E-state index contributed by atoms with van der Waals surface area (Å²) in [6.45, 7) is 10.1. The Kier molecular flexibility index (Phi) is 4.66. The van der Waals surface area contributed by atoms with E-state index in [1.807, 2.05) is 32.9 Å². The topological polar surface area (TPSA) is 58.5 Å². The minimum Gasteiger partial charge on any atom is -0.200 e. The lowest BCUT2D eigenvalue weighted by molar-refractivity contribution is 0.301. The number of nitrogens with one attached hydrogen (secondary N) is 1. The number of aryl methyl sites for hydroxylation is 3. The standard InChI is InChI=1S/C17H26N2O2S/c1-12-10-13(2)16(14(3)11-12)22(20,21)19-18-15-6-8-17(4,5)9-7-15/h10-11,19H,6-9H2,1-5H3. The normalized spacial score (nSPS) is 18.1. The van der Waals surface area contributed by atoms with Gasteiger partial charge >= 0.3 is 0 Å². The Morgan fingerprint density at radius 3 is 2.05 bits per heavy atom. The average molecular weight is 322 g/mol. The van der Waals surface area contributed by atoms with E-state index in [4.69, 9.17) is 0 Å². The fourth-order valence-electron chi connectivity index (χ4n) is 3.09. The molecule has 0 heterocycles. The lowest BCUT2D eigenvalue weighted by Gasteiger charge is -2.29. The molecule has 1 N–H and O–H groups in total. The van der Waals surface area contributed by atoms with Crippen molar-refractivity contribution >= 4 is 15.7 Å². The number of sulfonamides is 1. The molecular weight excluding hydrogens is 296 g/mol. The zero-order chi connectivity index (χ0) is 16.5. The van der Waals surface area contributed by atoms with Crippen molar-refractivity contribution in [2.24, 2.45) is 10.5 Å². The molecule has 1 aromatic carbocycles. The third-order valence-corrected chi connectivity index (χ3v) is 5.89. The summed E-state index contributed by atoms with van der Waals surface area (Å²) in [5, 5.41) is 4.18. The van der Waals surface area contributed by atoms with E-state index < -0.39 is 10.0 Å². The number of hydrazone groups is 1. The van der Waals surface area contributed by atoms with Gasteiger partial charge in [0.1, 0.15) is 0 Å². The first-order valence-corrected chi connectivity index (χ1v) is 9.24. The smallest absolute Gasteiger partial charge is 0.200 e. The molecule has 5 heteroatoms. The summed E-state index contributed by atoms with van der Waals surface area (Å²) in [5.74, 6) is 0. The van der Waals surface area contributed by atoms with E-state index in [0.29, 0.717) is 10.3 Å². The summed E-state index contributed by atoms with van der Waals surface area (Å²) in [5.41, 5.74) is 3.87. The van der Waals surface area contributed by atoms with Crippen LogP contribution in [0.1, 0.15) is 56.2 Å². The maximum Gasteiger partial charge on any atom is 0.277 e. The lowest BCUT2D eigenvalue weighted by atomic mass is 9.77. The monoisotopic (exact) mass is 322 g/mol. The molecule has 0 aliphatic heterocycles. The second-order valence-electron chi connectivity index (χ2n) is 7.16. The number of rotatable bonds is 3. The third kappa shape index (κ3) is 3.88. The van der Waals surface area contributed by atoms with Gasteiger partial charge in [-0.1, -0.05) is 31.5 Å². The van der Waals surface area contributed by atoms with Crippen LogP contribution in [0.25, 0.3) is 0 Å². The first-order valence-electron chi connectivity index (χ1n) is 7.76. The van der Waals surface area contributed by atoms with E-state index in [1.54, 1.807) is 0 Å². The molecule has 4 nitrogen and oxygen atoms in total. The van der Waals surface area contributed by atoms with E-state index in [1.165, 1.54) is 0 Å². The van der Waals surface area contributed by atoms with E-state index >= 15 is 0 Å². The van der Waals surface area contributed by atoms with Gasteiger partial charge in [-0.15, -0.1) is 0 Å². The molecule has 0 atom stereocenters. The van der Waals surface area contributed by atoms with Gasteiger partial charge in [-0.3, -0.25) is 0 Å². The minimum atomic E-state index is -3.60. The quantitative estimate of drug-likeness (QED) is 0.859. The van der Waals surface area contributed by atoms with Crippen LogP contribution < -0.4 is 4.83 Å². The van der Waals surface area contributed by atoms with Crippen molar-refractivity contribution < 1.29 is 8.42 Å². The zero-order valence-corrected chi connectivity index (χ0v) is 15.0. The fraction of sp³-hybridized carbons (Fsp3) is 0.588. The Morgan fingerprint density at radius 2 is 1.55 bits per heavy atom. The lowest BCUT2D eigenvalue weighted by Crippen LogP contribution is -2.26. The number of hydrogen-bond donors (Lipinski definition) is 1. The van der Waals surface area contributed by atoms with Crippen molar-refractivity contribution in [1.82, 2.24) is 4.83 Å². The molecule has 1 saturated carbocycles. The Bertz CT molecular complexity index is 668. The van der Waals surface area contributed by atoms with Crippen LogP contribution in [0.2, 0.25) is 0 Å². The number of nitrogens with zero attached hydrogens (tertiary/aromatic N) is 1. The second-order valence-corrected chi connectivity index (χ2v) is 8.76. The molecule has 2 rings (SSSR count). The molecule has 0 spiro atoms. The van der Waals surface area contributed by atoms with Gasteiger partial charge in [0.2, 0.25) is 0 Å². The zero-order valence-electron chi connectivity index (χ0n) is 14.2. The molecule has 0 aromatic heterocycles. The average Bonchev–Trinajstić information content (AvgIpc) is 2.35. The second kappa shape index (κ2) is 6.03.